The van der Waals surface area contributed by atoms with Gasteiger partial charge in [0.1, 0.15) is 0 Å². The standard InChI is InChI=1S/C21H24F2N2O5/c1-29-17-12-13(6-7-16(17)30-21(22)23)8-10-24-18(26)9-11-25-19(27)14-4-2-3-5-15(14)20(25)28/h2-3,6-7,12,14-15,21H,4-5,8-11H2,1H3,(H,24,26)/t14-,15+. The van der Waals surface area contributed by atoms with Crippen LogP contribution in [-0.2, 0) is 20.8 Å². The van der Waals surface area contributed by atoms with Gasteiger partial charge in [-0.3, -0.25) is 19.3 Å². The molecule has 0 unspecified atom stereocenters. The van der Waals surface area contributed by atoms with E-state index in [0.29, 0.717) is 25.8 Å². The number of nitrogens with one attached hydrogen (secondary N) is 1. The van der Waals surface area contributed by atoms with Crippen molar-refractivity contribution in [3.05, 3.63) is 35.9 Å². The lowest BCUT2D eigenvalue weighted by Crippen LogP contribution is -2.35. The number of allylic oxidation sites excluding steroid dienone is 2. The predicted octanol–water partition coefficient (Wildman–Crippen LogP) is 2.30. The molecular weight excluding hydrogens is 398 g/mol. The van der Waals surface area contributed by atoms with Gasteiger partial charge in [-0.1, -0.05) is 18.2 Å². The van der Waals surface area contributed by atoms with E-state index in [1.807, 2.05) is 12.2 Å². The Kier molecular flexibility index (Phi) is 7.02. The molecule has 1 fully saturated rings. The van der Waals surface area contributed by atoms with E-state index >= 15 is 0 Å². The first-order valence-electron chi connectivity index (χ1n) is 9.79. The van der Waals surface area contributed by atoms with E-state index in [4.69, 9.17) is 4.74 Å². The number of imide groups is 1. The number of halogens is 2. The average Bonchev–Trinajstić information content (AvgIpc) is 2.97. The number of likely N-dealkylation sites (tertiary alicyclic amines) is 1. The number of rotatable bonds is 9. The summed E-state index contributed by atoms with van der Waals surface area (Å²) in [6.07, 6.45) is 5.47. The van der Waals surface area contributed by atoms with E-state index in [1.165, 1.54) is 18.1 Å². The smallest absolute Gasteiger partial charge is 0.387 e. The number of hydrogen-bond donors (Lipinski definition) is 1. The number of nitrogens with zero attached hydrogens (tertiary/aromatic N) is 1. The zero-order valence-corrected chi connectivity index (χ0v) is 16.6. The number of amides is 3. The third-order valence-electron chi connectivity index (χ3n) is 5.34. The number of carbonyl (C=O) groups is 3. The number of hydrogen-bond acceptors (Lipinski definition) is 5. The number of ether oxygens (including phenoxy) is 2. The first kappa shape index (κ1) is 21.7. The number of benzene rings is 1. The van der Waals surface area contributed by atoms with Crippen molar-refractivity contribution in [2.45, 2.75) is 32.3 Å². The summed E-state index contributed by atoms with van der Waals surface area (Å²) in [6.45, 7) is -2.56. The van der Waals surface area contributed by atoms with Crippen molar-refractivity contribution in [3.8, 4) is 11.5 Å². The summed E-state index contributed by atoms with van der Waals surface area (Å²) in [6, 6.07) is 4.58. The normalized spacial score (nSPS) is 20.5. The number of methoxy groups -OCH3 is 1. The minimum atomic E-state index is -2.95. The third-order valence-corrected chi connectivity index (χ3v) is 5.34. The second-order valence-electron chi connectivity index (χ2n) is 7.20. The molecule has 7 nitrogen and oxygen atoms in total. The Balaban J connectivity index is 1.44. The molecule has 3 rings (SSSR count). The Bertz CT molecular complexity index is 817. The van der Waals surface area contributed by atoms with Gasteiger partial charge in [0.05, 0.1) is 18.9 Å². The molecule has 1 heterocycles. The SMILES string of the molecule is COc1cc(CCNC(=O)CCN2C(=O)[C@H]3CC=CC[C@H]3C2=O)ccc1OC(F)F. The van der Waals surface area contributed by atoms with Gasteiger partial charge in [0.2, 0.25) is 17.7 Å². The Hall–Kier alpha value is -2.97. The fourth-order valence-corrected chi connectivity index (χ4v) is 3.80. The monoisotopic (exact) mass is 422 g/mol. The lowest BCUT2D eigenvalue weighted by Gasteiger charge is -2.14. The molecule has 2 atom stereocenters. The van der Waals surface area contributed by atoms with Gasteiger partial charge in [-0.05, 0) is 37.0 Å². The van der Waals surface area contributed by atoms with E-state index in [-0.39, 0.29) is 54.0 Å². The zero-order valence-electron chi connectivity index (χ0n) is 16.6. The summed E-state index contributed by atoms with van der Waals surface area (Å²) < 4.78 is 34.2. The van der Waals surface area contributed by atoms with Crippen LogP contribution in [0.5, 0.6) is 11.5 Å². The molecule has 0 saturated carbocycles. The summed E-state index contributed by atoms with van der Waals surface area (Å²) in [5.41, 5.74) is 0.773. The maximum absolute atomic E-state index is 12.4. The van der Waals surface area contributed by atoms with Crippen LogP contribution in [0.1, 0.15) is 24.8 Å². The van der Waals surface area contributed by atoms with Crippen molar-refractivity contribution in [3.63, 3.8) is 0 Å². The van der Waals surface area contributed by atoms with Crippen molar-refractivity contribution >= 4 is 17.7 Å². The Morgan fingerprint density at radius 1 is 1.17 bits per heavy atom. The number of fused-ring (bicyclic) bond motifs is 1. The molecule has 1 N–H and O–H groups in total. The van der Waals surface area contributed by atoms with Gasteiger partial charge in [0.25, 0.3) is 0 Å². The highest BCUT2D eigenvalue weighted by atomic mass is 19.3. The topological polar surface area (TPSA) is 84.9 Å². The second kappa shape index (κ2) is 9.69. The van der Waals surface area contributed by atoms with Gasteiger partial charge in [-0.25, -0.2) is 0 Å². The fraction of sp³-hybridized carbons (Fsp3) is 0.476. The molecule has 1 aromatic rings. The van der Waals surface area contributed by atoms with Crippen LogP contribution in [0, 0.1) is 11.8 Å². The highest BCUT2D eigenvalue weighted by molar-refractivity contribution is 6.05. The Labute approximate surface area is 173 Å². The molecule has 2 aliphatic rings. The largest absolute Gasteiger partial charge is 0.493 e. The highest BCUT2D eigenvalue weighted by Crippen LogP contribution is 2.35. The molecule has 1 saturated heterocycles. The minimum Gasteiger partial charge on any atom is -0.493 e. The van der Waals surface area contributed by atoms with E-state index < -0.39 is 6.61 Å². The van der Waals surface area contributed by atoms with Gasteiger partial charge in [-0.2, -0.15) is 8.78 Å². The highest BCUT2D eigenvalue weighted by Gasteiger charge is 2.46. The van der Waals surface area contributed by atoms with Crippen molar-refractivity contribution < 1.29 is 32.6 Å². The Morgan fingerprint density at radius 3 is 2.43 bits per heavy atom. The summed E-state index contributed by atoms with van der Waals surface area (Å²) in [4.78, 5) is 38.1. The van der Waals surface area contributed by atoms with Crippen LogP contribution in [0.2, 0.25) is 0 Å². The summed E-state index contributed by atoms with van der Waals surface area (Å²) in [5.74, 6) is -1.12. The van der Waals surface area contributed by atoms with Crippen LogP contribution in [0.3, 0.4) is 0 Å². The maximum atomic E-state index is 12.4. The van der Waals surface area contributed by atoms with E-state index in [1.54, 1.807) is 12.1 Å². The van der Waals surface area contributed by atoms with Crippen molar-refractivity contribution in [1.29, 1.82) is 0 Å². The average molecular weight is 422 g/mol. The van der Waals surface area contributed by atoms with Gasteiger partial charge >= 0.3 is 6.61 Å². The van der Waals surface area contributed by atoms with E-state index in [0.717, 1.165) is 5.56 Å². The summed E-state index contributed by atoms with van der Waals surface area (Å²) in [5, 5.41) is 2.74. The summed E-state index contributed by atoms with van der Waals surface area (Å²) >= 11 is 0. The van der Waals surface area contributed by atoms with Gasteiger partial charge in [-0.15, -0.1) is 0 Å². The lowest BCUT2D eigenvalue weighted by atomic mass is 9.85. The molecule has 162 valence electrons. The molecule has 0 radical (unpaired) electrons. The second-order valence-corrected chi connectivity index (χ2v) is 7.20. The number of alkyl halides is 2. The van der Waals surface area contributed by atoms with E-state index in [2.05, 4.69) is 10.1 Å². The molecule has 1 aliphatic carbocycles. The molecule has 30 heavy (non-hydrogen) atoms. The maximum Gasteiger partial charge on any atom is 0.387 e. The molecule has 1 aliphatic heterocycles. The first-order chi connectivity index (χ1) is 14.4. The van der Waals surface area contributed by atoms with Crippen molar-refractivity contribution in [2.75, 3.05) is 20.2 Å². The van der Waals surface area contributed by atoms with Crippen molar-refractivity contribution in [2.24, 2.45) is 11.8 Å². The molecule has 0 aromatic heterocycles. The van der Waals surface area contributed by atoms with Gasteiger partial charge in [0.15, 0.2) is 11.5 Å². The fourth-order valence-electron chi connectivity index (χ4n) is 3.80. The minimum absolute atomic E-state index is 0.0365. The first-order valence-corrected chi connectivity index (χ1v) is 9.79. The molecule has 0 bridgehead atoms. The quantitative estimate of drug-likeness (QED) is 0.488. The van der Waals surface area contributed by atoms with Crippen LogP contribution >= 0.6 is 0 Å². The van der Waals surface area contributed by atoms with Crippen LogP contribution in [0.15, 0.2) is 30.4 Å². The zero-order chi connectivity index (χ0) is 21.7. The van der Waals surface area contributed by atoms with Crippen molar-refractivity contribution in [1.82, 2.24) is 10.2 Å². The molecule has 1 aromatic carbocycles. The predicted molar refractivity (Wildman–Crippen MR) is 103 cm³/mol. The van der Waals surface area contributed by atoms with Crippen LogP contribution in [0.4, 0.5) is 8.78 Å². The van der Waals surface area contributed by atoms with Crippen LogP contribution in [-0.4, -0.2) is 49.4 Å². The molecule has 0 spiro atoms. The summed E-state index contributed by atoms with van der Waals surface area (Å²) in [7, 11) is 1.35. The van der Waals surface area contributed by atoms with Gasteiger partial charge < -0.3 is 14.8 Å². The van der Waals surface area contributed by atoms with Crippen LogP contribution < -0.4 is 14.8 Å². The van der Waals surface area contributed by atoms with E-state index in [9.17, 15) is 23.2 Å². The molecule has 3 amide bonds. The molecular formula is C21H24F2N2O5. The van der Waals surface area contributed by atoms with Crippen LogP contribution in [0.25, 0.3) is 0 Å². The third kappa shape index (κ3) is 4.95. The lowest BCUT2D eigenvalue weighted by molar-refractivity contribution is -0.140. The van der Waals surface area contributed by atoms with Gasteiger partial charge in [0, 0.05) is 19.5 Å². The molecule has 9 heteroatoms. The number of carbonyl (C=O) groups excluding carboxylic acids is 3. The Morgan fingerprint density at radius 2 is 1.83 bits per heavy atom.